The average Bonchev–Trinajstić information content (AvgIpc) is 3.44. The summed E-state index contributed by atoms with van der Waals surface area (Å²) < 4.78 is 83.6. The van der Waals surface area contributed by atoms with Crippen LogP contribution in [0.3, 0.4) is 0 Å². The number of alkyl halides is 6. The molecule has 2 heterocycles. The van der Waals surface area contributed by atoms with E-state index >= 15 is 0 Å². The molecule has 0 saturated carbocycles. The molecular formula is C26H26F6N4O4. The minimum Gasteiger partial charge on any atom is -0.376 e. The fourth-order valence-corrected chi connectivity index (χ4v) is 4.51. The van der Waals surface area contributed by atoms with Crippen molar-refractivity contribution in [2.24, 2.45) is 0 Å². The second kappa shape index (κ2) is 11.7. The normalized spacial score (nSPS) is 19.9. The first-order chi connectivity index (χ1) is 18.8. The van der Waals surface area contributed by atoms with Crippen molar-refractivity contribution in [2.45, 2.75) is 37.3 Å². The molecule has 2 atom stereocenters. The molecule has 4 amide bonds. The number of ether oxygens (including phenoxy) is 1. The molecule has 2 aliphatic heterocycles. The first-order valence-electron chi connectivity index (χ1n) is 12.4. The molecular weight excluding hydrogens is 546 g/mol. The van der Waals surface area contributed by atoms with Crippen LogP contribution in [0.25, 0.3) is 0 Å². The molecule has 40 heavy (non-hydrogen) atoms. The third-order valence-electron chi connectivity index (χ3n) is 6.66. The molecule has 4 rings (SSSR count). The molecule has 2 aromatic carbocycles. The maximum absolute atomic E-state index is 13.3. The van der Waals surface area contributed by atoms with Gasteiger partial charge in [0.05, 0.1) is 23.8 Å². The molecule has 2 N–H and O–H groups in total. The molecule has 2 saturated heterocycles. The topological polar surface area (TPSA) is 91.0 Å². The summed E-state index contributed by atoms with van der Waals surface area (Å²) in [6.45, 7) is 0.148. The SMILES string of the molecule is O=C(NCC1CCCO1)C1CN(C(=O)Nc2ccc(C(F)(F)F)cc2)CCN1C(=O)c1cccc(C(F)(F)F)c1. The number of rotatable bonds is 5. The summed E-state index contributed by atoms with van der Waals surface area (Å²) in [4.78, 5) is 41.7. The van der Waals surface area contributed by atoms with Gasteiger partial charge in [-0.05, 0) is 55.3 Å². The van der Waals surface area contributed by atoms with Gasteiger partial charge in [-0.15, -0.1) is 0 Å². The second-order valence-electron chi connectivity index (χ2n) is 9.42. The summed E-state index contributed by atoms with van der Waals surface area (Å²) in [6, 6.07) is 5.65. The monoisotopic (exact) mass is 572 g/mol. The van der Waals surface area contributed by atoms with Gasteiger partial charge in [-0.1, -0.05) is 6.07 Å². The molecule has 0 bridgehead atoms. The molecule has 14 heteroatoms. The van der Waals surface area contributed by atoms with Gasteiger partial charge in [0.15, 0.2) is 0 Å². The van der Waals surface area contributed by atoms with E-state index in [1.807, 2.05) is 0 Å². The van der Waals surface area contributed by atoms with E-state index in [1.54, 1.807) is 0 Å². The van der Waals surface area contributed by atoms with Crippen molar-refractivity contribution in [1.29, 1.82) is 0 Å². The standard InChI is InChI=1S/C26H26F6N4O4/c27-25(28,29)17-6-8-19(9-7-17)34-24(39)35-10-11-36(21(15-35)22(37)33-14-20-5-2-12-40-20)23(38)16-3-1-4-18(13-16)26(30,31)32/h1,3-4,6-9,13,20-21H,2,5,10-12,14-15H2,(H,33,37)(H,34,39). The van der Waals surface area contributed by atoms with Crippen LogP contribution in [-0.4, -0.2) is 72.6 Å². The van der Waals surface area contributed by atoms with Gasteiger partial charge in [-0.2, -0.15) is 26.3 Å². The summed E-state index contributed by atoms with van der Waals surface area (Å²) in [5.41, 5.74) is -2.10. The van der Waals surface area contributed by atoms with Crippen molar-refractivity contribution in [3.63, 3.8) is 0 Å². The highest BCUT2D eigenvalue weighted by Gasteiger charge is 2.39. The van der Waals surface area contributed by atoms with E-state index in [4.69, 9.17) is 4.74 Å². The minimum atomic E-state index is -4.68. The Hall–Kier alpha value is -3.81. The van der Waals surface area contributed by atoms with Crippen LogP contribution in [-0.2, 0) is 21.9 Å². The highest BCUT2D eigenvalue weighted by atomic mass is 19.4. The number of anilines is 1. The van der Waals surface area contributed by atoms with Crippen molar-refractivity contribution < 1.29 is 45.5 Å². The third kappa shape index (κ3) is 7.03. The number of halogens is 6. The second-order valence-corrected chi connectivity index (χ2v) is 9.42. The lowest BCUT2D eigenvalue weighted by Gasteiger charge is -2.40. The van der Waals surface area contributed by atoms with Gasteiger partial charge >= 0.3 is 18.4 Å². The fraction of sp³-hybridized carbons (Fsp3) is 0.423. The number of carbonyl (C=O) groups is 3. The zero-order valence-electron chi connectivity index (χ0n) is 21.0. The number of urea groups is 1. The summed E-state index contributed by atoms with van der Waals surface area (Å²) in [6.07, 6.45) is -7.90. The molecule has 2 aromatic rings. The lowest BCUT2D eigenvalue weighted by molar-refractivity contribution is -0.138. The van der Waals surface area contributed by atoms with Crippen molar-refractivity contribution in [3.05, 3.63) is 65.2 Å². The Kier molecular flexibility index (Phi) is 8.57. The van der Waals surface area contributed by atoms with Crippen molar-refractivity contribution in [1.82, 2.24) is 15.1 Å². The third-order valence-corrected chi connectivity index (χ3v) is 6.66. The van der Waals surface area contributed by atoms with E-state index in [0.29, 0.717) is 12.7 Å². The average molecular weight is 573 g/mol. The first-order valence-corrected chi connectivity index (χ1v) is 12.4. The van der Waals surface area contributed by atoms with Crippen molar-refractivity contribution in [3.8, 4) is 0 Å². The van der Waals surface area contributed by atoms with E-state index < -0.39 is 47.4 Å². The molecule has 0 radical (unpaired) electrons. The van der Waals surface area contributed by atoms with Gasteiger partial charge in [0, 0.05) is 37.5 Å². The highest BCUT2D eigenvalue weighted by molar-refractivity contribution is 5.98. The van der Waals surface area contributed by atoms with Crippen LogP contribution in [0.4, 0.5) is 36.8 Å². The van der Waals surface area contributed by atoms with Crippen LogP contribution in [0.15, 0.2) is 48.5 Å². The number of hydrogen-bond acceptors (Lipinski definition) is 4. The molecule has 2 aliphatic rings. The Bertz CT molecular complexity index is 1230. The van der Waals surface area contributed by atoms with E-state index in [2.05, 4.69) is 10.6 Å². The molecule has 0 aromatic heterocycles. The Morgan fingerprint density at radius 2 is 1.62 bits per heavy atom. The maximum atomic E-state index is 13.3. The minimum absolute atomic E-state index is 0.0767. The van der Waals surface area contributed by atoms with Crippen LogP contribution in [0.5, 0.6) is 0 Å². The number of benzene rings is 2. The largest absolute Gasteiger partial charge is 0.416 e. The summed E-state index contributed by atoms with van der Waals surface area (Å²) in [5, 5.41) is 5.16. The number of carbonyl (C=O) groups excluding carboxylic acids is 3. The Morgan fingerprint density at radius 3 is 2.25 bits per heavy atom. The van der Waals surface area contributed by atoms with Gasteiger partial charge in [0.1, 0.15) is 6.04 Å². The Balaban J connectivity index is 1.50. The molecule has 0 spiro atoms. The van der Waals surface area contributed by atoms with Crippen LogP contribution in [0.1, 0.15) is 34.3 Å². The molecule has 0 aliphatic carbocycles. The van der Waals surface area contributed by atoms with Gasteiger partial charge in [0.25, 0.3) is 5.91 Å². The molecule has 2 unspecified atom stereocenters. The number of piperazine rings is 1. The van der Waals surface area contributed by atoms with Gasteiger partial charge < -0.3 is 25.2 Å². The molecule has 8 nitrogen and oxygen atoms in total. The quantitative estimate of drug-likeness (QED) is 0.521. The zero-order valence-corrected chi connectivity index (χ0v) is 21.0. The lowest BCUT2D eigenvalue weighted by atomic mass is 10.1. The molecule has 2 fully saturated rings. The van der Waals surface area contributed by atoms with E-state index in [9.17, 15) is 40.7 Å². The van der Waals surface area contributed by atoms with Gasteiger partial charge in [-0.25, -0.2) is 4.79 Å². The maximum Gasteiger partial charge on any atom is 0.416 e. The zero-order chi connectivity index (χ0) is 29.1. The van der Waals surface area contributed by atoms with Crippen molar-refractivity contribution in [2.75, 3.05) is 38.1 Å². The van der Waals surface area contributed by atoms with Gasteiger partial charge in [0.2, 0.25) is 5.91 Å². The predicted octanol–water partition coefficient (Wildman–Crippen LogP) is 4.38. The smallest absolute Gasteiger partial charge is 0.376 e. The Labute approximate surface area is 225 Å². The number of hydrogen-bond donors (Lipinski definition) is 2. The summed E-state index contributed by atoms with van der Waals surface area (Å²) in [5.74, 6) is -1.44. The fourth-order valence-electron chi connectivity index (χ4n) is 4.51. The van der Waals surface area contributed by atoms with E-state index in [0.717, 1.165) is 54.1 Å². The lowest BCUT2D eigenvalue weighted by Crippen LogP contribution is -2.62. The van der Waals surface area contributed by atoms with Crippen LogP contribution in [0, 0.1) is 0 Å². The summed E-state index contributed by atoms with van der Waals surface area (Å²) in [7, 11) is 0. The van der Waals surface area contributed by atoms with Crippen molar-refractivity contribution >= 4 is 23.5 Å². The highest BCUT2D eigenvalue weighted by Crippen LogP contribution is 2.31. The van der Waals surface area contributed by atoms with Crippen LogP contribution < -0.4 is 10.6 Å². The predicted molar refractivity (Wildman–Crippen MR) is 130 cm³/mol. The summed E-state index contributed by atoms with van der Waals surface area (Å²) >= 11 is 0. The van der Waals surface area contributed by atoms with E-state index in [-0.39, 0.29) is 43.5 Å². The van der Waals surface area contributed by atoms with Crippen LogP contribution >= 0.6 is 0 Å². The molecule has 216 valence electrons. The van der Waals surface area contributed by atoms with E-state index in [1.165, 1.54) is 11.0 Å². The number of amides is 4. The Morgan fingerprint density at radius 1 is 0.925 bits per heavy atom. The van der Waals surface area contributed by atoms with Gasteiger partial charge in [-0.3, -0.25) is 9.59 Å². The number of nitrogens with one attached hydrogen (secondary N) is 2. The van der Waals surface area contributed by atoms with Crippen LogP contribution in [0.2, 0.25) is 0 Å². The number of nitrogens with zero attached hydrogens (tertiary/aromatic N) is 2. The first kappa shape index (κ1) is 29.2.